The summed E-state index contributed by atoms with van der Waals surface area (Å²) < 4.78 is 10.2. The molecule has 2 aliphatic heterocycles. The molecule has 2 saturated heterocycles. The van der Waals surface area contributed by atoms with Gasteiger partial charge in [0.25, 0.3) is 0 Å². The number of hydrogen-bond acceptors (Lipinski definition) is 6. The van der Waals surface area contributed by atoms with Gasteiger partial charge in [0, 0.05) is 39.3 Å². The number of urea groups is 2. The Kier molecular flexibility index (Phi) is 12.6. The molecule has 0 unspecified atom stereocenters. The summed E-state index contributed by atoms with van der Waals surface area (Å²) in [5.74, 6) is -0.885. The fraction of sp³-hybridized carbons (Fsp3) is 0.833. The average molecular weight is 483 g/mol. The zero-order chi connectivity index (χ0) is 24.8. The normalized spacial score (nSPS) is 20.4. The number of rotatable bonds is 11. The SMILES string of the molecule is CCOC(=O)[C@@H]1CCCN(C(=O)NCCCCCCNC(=O)N2CCC[C@H](C(=O)OCC)C2)C1. The fourth-order valence-electron chi connectivity index (χ4n) is 4.45. The van der Waals surface area contributed by atoms with Crippen LogP contribution in [-0.4, -0.2) is 86.3 Å². The highest BCUT2D eigenvalue weighted by Crippen LogP contribution is 2.19. The lowest BCUT2D eigenvalue weighted by molar-refractivity contribution is -0.150. The van der Waals surface area contributed by atoms with E-state index >= 15 is 0 Å². The van der Waals surface area contributed by atoms with Crippen molar-refractivity contribution in [3.63, 3.8) is 0 Å². The highest BCUT2D eigenvalue weighted by molar-refractivity contribution is 5.78. The Morgan fingerprint density at radius 2 is 1.12 bits per heavy atom. The largest absolute Gasteiger partial charge is 0.466 e. The van der Waals surface area contributed by atoms with Crippen LogP contribution in [0.4, 0.5) is 9.59 Å². The first-order chi connectivity index (χ1) is 16.5. The third-order valence-electron chi connectivity index (χ3n) is 6.31. The molecule has 0 aliphatic carbocycles. The van der Waals surface area contributed by atoms with Gasteiger partial charge in [-0.1, -0.05) is 12.8 Å². The number of unbranched alkanes of at least 4 members (excludes halogenated alkanes) is 3. The van der Waals surface area contributed by atoms with E-state index in [4.69, 9.17) is 9.47 Å². The van der Waals surface area contributed by atoms with Gasteiger partial charge in [0.15, 0.2) is 0 Å². The molecule has 0 aromatic heterocycles. The van der Waals surface area contributed by atoms with Gasteiger partial charge in [-0.3, -0.25) is 9.59 Å². The molecule has 2 heterocycles. The van der Waals surface area contributed by atoms with Crippen molar-refractivity contribution in [3.8, 4) is 0 Å². The maximum absolute atomic E-state index is 12.4. The predicted molar refractivity (Wildman–Crippen MR) is 127 cm³/mol. The van der Waals surface area contributed by atoms with E-state index in [2.05, 4.69) is 10.6 Å². The van der Waals surface area contributed by atoms with E-state index in [1.807, 2.05) is 0 Å². The molecule has 2 rings (SSSR count). The molecule has 4 amide bonds. The van der Waals surface area contributed by atoms with Gasteiger partial charge in [-0.05, 0) is 52.4 Å². The van der Waals surface area contributed by atoms with E-state index in [0.29, 0.717) is 52.5 Å². The number of nitrogens with zero attached hydrogens (tertiary/aromatic N) is 2. The van der Waals surface area contributed by atoms with Crippen LogP contribution >= 0.6 is 0 Å². The van der Waals surface area contributed by atoms with Crippen molar-refractivity contribution in [2.45, 2.75) is 65.2 Å². The minimum absolute atomic E-state index is 0.121. The quantitative estimate of drug-likeness (QED) is 0.345. The van der Waals surface area contributed by atoms with Crippen molar-refractivity contribution in [3.05, 3.63) is 0 Å². The third-order valence-corrected chi connectivity index (χ3v) is 6.31. The second-order valence-corrected chi connectivity index (χ2v) is 8.95. The Morgan fingerprint density at radius 1 is 0.706 bits per heavy atom. The van der Waals surface area contributed by atoms with Crippen molar-refractivity contribution >= 4 is 24.0 Å². The molecule has 0 radical (unpaired) electrons. The molecule has 0 spiro atoms. The molecule has 34 heavy (non-hydrogen) atoms. The zero-order valence-electron chi connectivity index (χ0n) is 20.8. The van der Waals surface area contributed by atoms with Crippen molar-refractivity contribution < 1.29 is 28.7 Å². The van der Waals surface area contributed by atoms with E-state index < -0.39 is 0 Å². The molecule has 0 bridgehead atoms. The van der Waals surface area contributed by atoms with Gasteiger partial charge >= 0.3 is 24.0 Å². The number of hydrogen-bond donors (Lipinski definition) is 2. The van der Waals surface area contributed by atoms with E-state index in [1.54, 1.807) is 23.6 Å². The molecule has 194 valence electrons. The van der Waals surface area contributed by atoms with Crippen LogP contribution in [0, 0.1) is 11.8 Å². The molecule has 0 aromatic rings. The predicted octanol–water partition coefficient (Wildman–Crippen LogP) is 2.52. The molecular weight excluding hydrogens is 440 g/mol. The van der Waals surface area contributed by atoms with Gasteiger partial charge < -0.3 is 29.9 Å². The van der Waals surface area contributed by atoms with Gasteiger partial charge in [-0.2, -0.15) is 0 Å². The number of nitrogens with one attached hydrogen (secondary N) is 2. The molecule has 10 heteroatoms. The molecule has 0 saturated carbocycles. The van der Waals surface area contributed by atoms with E-state index in [9.17, 15) is 19.2 Å². The summed E-state index contributed by atoms with van der Waals surface area (Å²) in [6, 6.07) is -0.243. The van der Waals surface area contributed by atoms with Crippen LogP contribution in [0.3, 0.4) is 0 Å². The average Bonchev–Trinajstić information content (AvgIpc) is 2.85. The number of carbonyl (C=O) groups excluding carboxylic acids is 4. The number of amides is 4. The topological polar surface area (TPSA) is 117 Å². The summed E-state index contributed by atoms with van der Waals surface area (Å²) in [5, 5.41) is 5.88. The van der Waals surface area contributed by atoms with Crippen LogP contribution in [0.25, 0.3) is 0 Å². The number of piperidine rings is 2. The fourth-order valence-corrected chi connectivity index (χ4v) is 4.45. The van der Waals surface area contributed by atoms with E-state index in [0.717, 1.165) is 51.4 Å². The molecular formula is C24H42N4O6. The molecule has 2 aliphatic rings. The monoisotopic (exact) mass is 482 g/mol. The number of ether oxygens (including phenoxy) is 2. The maximum Gasteiger partial charge on any atom is 0.317 e. The van der Waals surface area contributed by atoms with Crippen molar-refractivity contribution in [2.75, 3.05) is 52.5 Å². The van der Waals surface area contributed by atoms with Crippen LogP contribution in [0.1, 0.15) is 65.2 Å². The van der Waals surface area contributed by atoms with Crippen molar-refractivity contribution in [1.82, 2.24) is 20.4 Å². The maximum atomic E-state index is 12.4. The molecule has 2 atom stereocenters. The first-order valence-corrected chi connectivity index (χ1v) is 12.8. The summed E-state index contributed by atoms with van der Waals surface area (Å²) in [4.78, 5) is 52.0. The number of carbonyl (C=O) groups is 4. The lowest BCUT2D eigenvalue weighted by Gasteiger charge is -2.31. The Bertz CT molecular complexity index is 618. The Hall–Kier alpha value is -2.52. The molecule has 2 fully saturated rings. The van der Waals surface area contributed by atoms with Gasteiger partial charge in [0.1, 0.15) is 0 Å². The highest BCUT2D eigenvalue weighted by atomic mass is 16.5. The lowest BCUT2D eigenvalue weighted by Crippen LogP contribution is -2.47. The number of likely N-dealkylation sites (tertiary alicyclic amines) is 2. The standard InChI is InChI=1S/C24H42N4O6/c1-3-33-21(29)19-11-9-15-27(17-19)23(31)25-13-7-5-6-8-14-26-24(32)28-16-10-12-20(18-28)22(30)34-4-2/h19-20H,3-18H2,1-2H3,(H,25,31)(H,26,32)/t19-,20+. The summed E-state index contributed by atoms with van der Waals surface area (Å²) in [5.41, 5.74) is 0. The van der Waals surface area contributed by atoms with Gasteiger partial charge in [0.2, 0.25) is 0 Å². The van der Waals surface area contributed by atoms with Crippen LogP contribution < -0.4 is 10.6 Å². The molecule has 10 nitrogen and oxygen atoms in total. The summed E-state index contributed by atoms with van der Waals surface area (Å²) in [7, 11) is 0. The van der Waals surface area contributed by atoms with Crippen LogP contribution in [-0.2, 0) is 19.1 Å². The second kappa shape index (κ2) is 15.4. The minimum atomic E-state index is -0.226. The van der Waals surface area contributed by atoms with Gasteiger partial charge in [-0.15, -0.1) is 0 Å². The highest BCUT2D eigenvalue weighted by Gasteiger charge is 2.30. The smallest absolute Gasteiger partial charge is 0.317 e. The van der Waals surface area contributed by atoms with Crippen LogP contribution in [0.15, 0.2) is 0 Å². The van der Waals surface area contributed by atoms with Crippen LogP contribution in [0.5, 0.6) is 0 Å². The van der Waals surface area contributed by atoms with Gasteiger partial charge in [0.05, 0.1) is 25.0 Å². The van der Waals surface area contributed by atoms with Crippen molar-refractivity contribution in [1.29, 1.82) is 0 Å². The zero-order valence-corrected chi connectivity index (χ0v) is 20.8. The van der Waals surface area contributed by atoms with Crippen molar-refractivity contribution in [2.24, 2.45) is 11.8 Å². The molecule has 2 N–H and O–H groups in total. The second-order valence-electron chi connectivity index (χ2n) is 8.95. The van der Waals surface area contributed by atoms with E-state index in [-0.39, 0.29) is 35.8 Å². The lowest BCUT2D eigenvalue weighted by atomic mass is 9.98. The summed E-state index contributed by atoms with van der Waals surface area (Å²) in [6.07, 6.45) is 6.79. The summed E-state index contributed by atoms with van der Waals surface area (Å²) >= 11 is 0. The summed E-state index contributed by atoms with van der Waals surface area (Å²) in [6.45, 7) is 7.65. The van der Waals surface area contributed by atoms with Gasteiger partial charge in [-0.25, -0.2) is 9.59 Å². The minimum Gasteiger partial charge on any atom is -0.466 e. The number of esters is 2. The van der Waals surface area contributed by atoms with E-state index in [1.165, 1.54) is 0 Å². The Labute approximate surface area is 203 Å². The van der Waals surface area contributed by atoms with Crippen LogP contribution in [0.2, 0.25) is 0 Å². The first-order valence-electron chi connectivity index (χ1n) is 12.8. The molecule has 0 aromatic carbocycles. The Morgan fingerprint density at radius 3 is 1.50 bits per heavy atom. The first kappa shape index (κ1) is 27.7. The Balaban J connectivity index is 1.51. The third kappa shape index (κ3) is 9.38.